The summed E-state index contributed by atoms with van der Waals surface area (Å²) < 4.78 is 5.54. The molecule has 18 heavy (non-hydrogen) atoms. The minimum atomic E-state index is -0.925. The molecule has 0 saturated heterocycles. The van der Waals surface area contributed by atoms with Crippen molar-refractivity contribution in [2.75, 3.05) is 6.61 Å². The lowest BCUT2D eigenvalue weighted by Gasteiger charge is -2.10. The second kappa shape index (κ2) is 5.36. The first-order valence-electron chi connectivity index (χ1n) is 5.78. The van der Waals surface area contributed by atoms with Crippen LogP contribution in [-0.2, 0) is 0 Å². The quantitative estimate of drug-likeness (QED) is 0.893. The van der Waals surface area contributed by atoms with Crippen molar-refractivity contribution in [1.29, 1.82) is 0 Å². The number of hydrogen-bond acceptors (Lipinski definition) is 2. The Labute approximate surface area is 106 Å². The van der Waals surface area contributed by atoms with Crippen molar-refractivity contribution in [3.63, 3.8) is 0 Å². The number of aromatic carboxylic acids is 1. The molecule has 0 aliphatic carbocycles. The molecular formula is C15H14O3. The summed E-state index contributed by atoms with van der Waals surface area (Å²) in [6, 6.07) is 14.5. The van der Waals surface area contributed by atoms with Crippen molar-refractivity contribution in [3.8, 4) is 16.9 Å². The fourth-order valence-corrected chi connectivity index (χ4v) is 1.81. The highest BCUT2D eigenvalue weighted by Gasteiger charge is 2.08. The second-order valence-electron chi connectivity index (χ2n) is 3.82. The highest BCUT2D eigenvalue weighted by molar-refractivity contribution is 5.89. The third-order valence-electron chi connectivity index (χ3n) is 2.61. The first-order valence-corrected chi connectivity index (χ1v) is 5.78. The summed E-state index contributed by atoms with van der Waals surface area (Å²) in [6.45, 7) is 2.50. The molecule has 2 aromatic carbocycles. The number of benzene rings is 2. The Hall–Kier alpha value is -2.29. The molecule has 0 radical (unpaired) electrons. The molecule has 2 aromatic rings. The van der Waals surface area contributed by atoms with Crippen LogP contribution in [0.5, 0.6) is 5.75 Å². The van der Waals surface area contributed by atoms with Crippen LogP contribution in [0.2, 0.25) is 0 Å². The Balaban J connectivity index is 2.48. The van der Waals surface area contributed by atoms with Crippen LogP contribution in [0, 0.1) is 0 Å². The molecule has 0 atom stereocenters. The van der Waals surface area contributed by atoms with Crippen LogP contribution >= 0.6 is 0 Å². The minimum absolute atomic E-state index is 0.277. The third-order valence-corrected chi connectivity index (χ3v) is 2.61. The van der Waals surface area contributed by atoms with E-state index in [2.05, 4.69) is 0 Å². The smallest absolute Gasteiger partial charge is 0.335 e. The summed E-state index contributed by atoms with van der Waals surface area (Å²) in [5.74, 6) is -0.159. The van der Waals surface area contributed by atoms with Gasteiger partial charge in [-0.3, -0.25) is 0 Å². The molecule has 3 nitrogen and oxygen atoms in total. The first-order chi connectivity index (χ1) is 8.72. The number of carbonyl (C=O) groups is 1. The Bertz CT molecular complexity index is 561. The van der Waals surface area contributed by atoms with Crippen LogP contribution < -0.4 is 4.74 Å². The third kappa shape index (κ3) is 2.51. The normalized spacial score (nSPS) is 10.1. The molecule has 0 spiro atoms. The van der Waals surface area contributed by atoms with Gasteiger partial charge in [-0.05, 0) is 30.7 Å². The molecule has 0 aromatic heterocycles. The summed E-state index contributed by atoms with van der Waals surface area (Å²) >= 11 is 0. The van der Waals surface area contributed by atoms with Crippen molar-refractivity contribution < 1.29 is 14.6 Å². The maximum absolute atomic E-state index is 11.0. The van der Waals surface area contributed by atoms with Crippen molar-refractivity contribution >= 4 is 5.97 Å². The van der Waals surface area contributed by atoms with Crippen LogP contribution in [0.4, 0.5) is 0 Å². The van der Waals surface area contributed by atoms with Gasteiger partial charge < -0.3 is 9.84 Å². The summed E-state index contributed by atoms with van der Waals surface area (Å²) in [6.07, 6.45) is 0. The number of ether oxygens (including phenoxy) is 1. The van der Waals surface area contributed by atoms with E-state index in [0.717, 1.165) is 16.9 Å². The Morgan fingerprint density at radius 3 is 2.67 bits per heavy atom. The van der Waals surface area contributed by atoms with Gasteiger partial charge in [0.05, 0.1) is 12.2 Å². The van der Waals surface area contributed by atoms with Gasteiger partial charge in [0.1, 0.15) is 5.75 Å². The summed E-state index contributed by atoms with van der Waals surface area (Å²) in [5.41, 5.74) is 2.03. The van der Waals surface area contributed by atoms with Crippen LogP contribution in [0.25, 0.3) is 11.1 Å². The van der Waals surface area contributed by atoms with Gasteiger partial charge in [-0.15, -0.1) is 0 Å². The second-order valence-corrected chi connectivity index (χ2v) is 3.82. The van der Waals surface area contributed by atoms with Gasteiger partial charge in [0, 0.05) is 5.56 Å². The zero-order chi connectivity index (χ0) is 13.0. The maximum atomic E-state index is 11.0. The lowest BCUT2D eigenvalue weighted by atomic mass is 10.0. The Morgan fingerprint density at radius 1 is 1.17 bits per heavy atom. The predicted molar refractivity (Wildman–Crippen MR) is 70.0 cm³/mol. The zero-order valence-corrected chi connectivity index (χ0v) is 10.1. The van der Waals surface area contributed by atoms with Crippen molar-refractivity contribution in [3.05, 3.63) is 54.1 Å². The highest BCUT2D eigenvalue weighted by atomic mass is 16.5. The molecule has 92 valence electrons. The number of rotatable bonds is 4. The van der Waals surface area contributed by atoms with Gasteiger partial charge in [0.15, 0.2) is 0 Å². The number of para-hydroxylation sites is 1. The molecule has 3 heteroatoms. The molecule has 1 N–H and O–H groups in total. The van der Waals surface area contributed by atoms with Crippen LogP contribution in [0.1, 0.15) is 17.3 Å². The van der Waals surface area contributed by atoms with Gasteiger partial charge in [0.25, 0.3) is 0 Å². The van der Waals surface area contributed by atoms with Gasteiger partial charge in [-0.2, -0.15) is 0 Å². The Kier molecular flexibility index (Phi) is 3.63. The maximum Gasteiger partial charge on any atom is 0.335 e. The van der Waals surface area contributed by atoms with E-state index in [1.54, 1.807) is 18.2 Å². The fourth-order valence-electron chi connectivity index (χ4n) is 1.81. The van der Waals surface area contributed by atoms with E-state index in [9.17, 15) is 4.79 Å². The molecule has 0 unspecified atom stereocenters. The zero-order valence-electron chi connectivity index (χ0n) is 10.1. The molecule has 0 aliphatic rings. The predicted octanol–water partition coefficient (Wildman–Crippen LogP) is 3.45. The number of carboxylic acid groups (broad SMARTS) is 1. The topological polar surface area (TPSA) is 46.5 Å². The average Bonchev–Trinajstić information content (AvgIpc) is 2.40. The molecule has 2 rings (SSSR count). The van der Waals surface area contributed by atoms with Crippen LogP contribution in [-0.4, -0.2) is 17.7 Å². The molecule has 0 amide bonds. The van der Waals surface area contributed by atoms with E-state index in [1.165, 1.54) is 0 Å². The molecular weight excluding hydrogens is 228 g/mol. The fraction of sp³-hybridized carbons (Fsp3) is 0.133. The average molecular weight is 242 g/mol. The first kappa shape index (κ1) is 12.2. The van der Waals surface area contributed by atoms with Gasteiger partial charge in [-0.25, -0.2) is 4.79 Å². The van der Waals surface area contributed by atoms with Crippen LogP contribution in [0.3, 0.4) is 0 Å². The molecule has 0 aliphatic heterocycles. The van der Waals surface area contributed by atoms with E-state index in [4.69, 9.17) is 9.84 Å². The lowest BCUT2D eigenvalue weighted by molar-refractivity contribution is 0.0697. The van der Waals surface area contributed by atoms with Crippen molar-refractivity contribution in [1.82, 2.24) is 0 Å². The number of carboxylic acids is 1. The van der Waals surface area contributed by atoms with E-state index in [1.807, 2.05) is 37.3 Å². The highest BCUT2D eigenvalue weighted by Crippen LogP contribution is 2.30. The van der Waals surface area contributed by atoms with E-state index < -0.39 is 5.97 Å². The standard InChI is InChI=1S/C15H14O3/c1-2-18-14-9-4-3-8-13(14)11-6-5-7-12(10-11)15(16)17/h3-10H,2H2,1H3,(H,16,17). The van der Waals surface area contributed by atoms with Gasteiger partial charge >= 0.3 is 5.97 Å². The monoisotopic (exact) mass is 242 g/mol. The molecule has 0 saturated carbocycles. The van der Waals surface area contributed by atoms with Crippen LogP contribution in [0.15, 0.2) is 48.5 Å². The Morgan fingerprint density at radius 2 is 1.94 bits per heavy atom. The molecule has 0 fully saturated rings. The van der Waals surface area contributed by atoms with Crippen molar-refractivity contribution in [2.24, 2.45) is 0 Å². The summed E-state index contributed by atoms with van der Waals surface area (Å²) in [4.78, 5) is 11.0. The van der Waals surface area contributed by atoms with E-state index in [-0.39, 0.29) is 5.56 Å². The molecule has 0 heterocycles. The van der Waals surface area contributed by atoms with Gasteiger partial charge in [-0.1, -0.05) is 30.3 Å². The summed E-state index contributed by atoms with van der Waals surface area (Å²) in [5, 5.41) is 9.00. The van der Waals surface area contributed by atoms with Crippen molar-refractivity contribution in [2.45, 2.75) is 6.92 Å². The van der Waals surface area contributed by atoms with Gasteiger partial charge in [0.2, 0.25) is 0 Å². The van der Waals surface area contributed by atoms with E-state index in [0.29, 0.717) is 6.61 Å². The SMILES string of the molecule is CCOc1ccccc1-c1cccc(C(=O)O)c1. The minimum Gasteiger partial charge on any atom is -0.493 e. The molecule has 0 bridgehead atoms. The lowest BCUT2D eigenvalue weighted by Crippen LogP contribution is -1.97. The largest absolute Gasteiger partial charge is 0.493 e. The number of hydrogen-bond donors (Lipinski definition) is 1. The van der Waals surface area contributed by atoms with E-state index >= 15 is 0 Å². The summed E-state index contributed by atoms with van der Waals surface area (Å²) in [7, 11) is 0.